The zero-order valence-corrected chi connectivity index (χ0v) is 12.6. The van der Waals surface area contributed by atoms with E-state index in [0.29, 0.717) is 11.4 Å². The van der Waals surface area contributed by atoms with Crippen LogP contribution in [0, 0.1) is 0 Å². The maximum Gasteiger partial charge on any atom is 0.322 e. The van der Waals surface area contributed by atoms with Crippen molar-refractivity contribution in [3.63, 3.8) is 0 Å². The lowest BCUT2D eigenvalue weighted by molar-refractivity contribution is -0.122. The molecule has 0 aliphatic rings. The van der Waals surface area contributed by atoms with Gasteiger partial charge in [0.2, 0.25) is 0 Å². The van der Waals surface area contributed by atoms with Gasteiger partial charge in [0.05, 0.1) is 0 Å². The fourth-order valence-corrected chi connectivity index (χ4v) is 1.92. The van der Waals surface area contributed by atoms with Crippen LogP contribution in [0.4, 0.5) is 6.01 Å². The second kappa shape index (κ2) is 6.30. The highest BCUT2D eigenvalue weighted by atomic mass is 16.5. The Morgan fingerprint density at radius 2 is 2.04 bits per heavy atom. The number of aromatic nitrogens is 4. The Hall–Kier alpha value is -3.16. The molecule has 0 aliphatic heterocycles. The number of nitrogens with zero attached hydrogens (tertiary/aromatic N) is 4. The van der Waals surface area contributed by atoms with Gasteiger partial charge in [0.25, 0.3) is 11.8 Å². The standard InChI is InChI=1S/C15H15N5O3/c1-10(22-11-6-4-3-5-7-11)13(21)17-15-19-18-14(23-15)12-8-9-16-20(12)2/h3-10H,1-2H3,(H,17,19,21). The van der Waals surface area contributed by atoms with Crippen LogP contribution in [0.2, 0.25) is 0 Å². The van der Waals surface area contributed by atoms with E-state index in [1.165, 1.54) is 0 Å². The Labute approximate surface area is 132 Å². The largest absolute Gasteiger partial charge is 0.481 e. The van der Waals surface area contributed by atoms with Gasteiger partial charge in [-0.3, -0.25) is 14.8 Å². The highest BCUT2D eigenvalue weighted by molar-refractivity contribution is 5.92. The number of benzene rings is 1. The number of carbonyl (C=O) groups is 1. The number of rotatable bonds is 5. The molecule has 0 saturated carbocycles. The van der Waals surface area contributed by atoms with Gasteiger partial charge in [0.15, 0.2) is 6.10 Å². The van der Waals surface area contributed by atoms with Crippen LogP contribution in [0.15, 0.2) is 47.0 Å². The van der Waals surface area contributed by atoms with Crippen molar-refractivity contribution < 1.29 is 13.9 Å². The molecule has 8 nitrogen and oxygen atoms in total. The highest BCUT2D eigenvalue weighted by Gasteiger charge is 2.19. The first-order chi connectivity index (χ1) is 11.1. The summed E-state index contributed by atoms with van der Waals surface area (Å²) in [6.45, 7) is 1.64. The second-order valence-corrected chi connectivity index (χ2v) is 4.81. The lowest BCUT2D eigenvalue weighted by Crippen LogP contribution is -2.30. The van der Waals surface area contributed by atoms with Crippen molar-refractivity contribution in [2.45, 2.75) is 13.0 Å². The Balaban J connectivity index is 1.64. The van der Waals surface area contributed by atoms with E-state index in [0.717, 1.165) is 0 Å². The third-order valence-corrected chi connectivity index (χ3v) is 3.12. The van der Waals surface area contributed by atoms with Gasteiger partial charge in [0.1, 0.15) is 11.4 Å². The molecule has 2 heterocycles. The van der Waals surface area contributed by atoms with Crippen molar-refractivity contribution >= 4 is 11.9 Å². The summed E-state index contributed by atoms with van der Waals surface area (Å²) < 4.78 is 12.5. The molecular weight excluding hydrogens is 298 g/mol. The molecule has 1 unspecified atom stereocenters. The van der Waals surface area contributed by atoms with Crippen molar-refractivity contribution in [1.29, 1.82) is 0 Å². The molecule has 0 fully saturated rings. The number of anilines is 1. The Morgan fingerprint density at radius 3 is 2.74 bits per heavy atom. The first-order valence-corrected chi connectivity index (χ1v) is 6.98. The molecule has 3 aromatic rings. The van der Waals surface area contributed by atoms with E-state index in [2.05, 4.69) is 20.6 Å². The third kappa shape index (κ3) is 3.37. The van der Waals surface area contributed by atoms with Crippen LogP contribution in [-0.4, -0.2) is 32.0 Å². The zero-order chi connectivity index (χ0) is 16.2. The predicted molar refractivity (Wildman–Crippen MR) is 81.7 cm³/mol. The van der Waals surface area contributed by atoms with Gasteiger partial charge in [-0.1, -0.05) is 23.3 Å². The molecule has 1 atom stereocenters. The van der Waals surface area contributed by atoms with Gasteiger partial charge in [-0.2, -0.15) is 5.10 Å². The number of aryl methyl sites for hydroxylation is 1. The van der Waals surface area contributed by atoms with Gasteiger partial charge < -0.3 is 9.15 Å². The van der Waals surface area contributed by atoms with E-state index in [4.69, 9.17) is 9.15 Å². The molecule has 118 valence electrons. The molecular formula is C15H15N5O3. The summed E-state index contributed by atoms with van der Waals surface area (Å²) in [6.07, 6.45) is 0.914. The number of nitrogens with one attached hydrogen (secondary N) is 1. The minimum Gasteiger partial charge on any atom is -0.481 e. The Bertz CT molecular complexity index is 796. The number of hydrogen-bond acceptors (Lipinski definition) is 6. The van der Waals surface area contributed by atoms with Crippen molar-refractivity contribution in [1.82, 2.24) is 20.0 Å². The van der Waals surface area contributed by atoms with Gasteiger partial charge in [-0.25, -0.2) is 0 Å². The monoisotopic (exact) mass is 313 g/mol. The lowest BCUT2D eigenvalue weighted by atomic mass is 10.3. The molecule has 0 spiro atoms. The van der Waals surface area contributed by atoms with E-state index in [9.17, 15) is 4.79 Å². The maximum atomic E-state index is 12.1. The van der Waals surface area contributed by atoms with Crippen LogP contribution in [-0.2, 0) is 11.8 Å². The van der Waals surface area contributed by atoms with Crippen molar-refractivity contribution in [2.24, 2.45) is 7.05 Å². The zero-order valence-electron chi connectivity index (χ0n) is 12.6. The molecule has 8 heteroatoms. The van der Waals surface area contributed by atoms with E-state index >= 15 is 0 Å². The van der Waals surface area contributed by atoms with Crippen molar-refractivity contribution in [3.05, 3.63) is 42.6 Å². The van der Waals surface area contributed by atoms with Crippen LogP contribution >= 0.6 is 0 Å². The van der Waals surface area contributed by atoms with E-state index < -0.39 is 6.10 Å². The van der Waals surface area contributed by atoms with Crippen LogP contribution in [0.3, 0.4) is 0 Å². The highest BCUT2D eigenvalue weighted by Crippen LogP contribution is 2.19. The molecule has 0 aliphatic carbocycles. The first-order valence-electron chi connectivity index (χ1n) is 6.98. The van der Waals surface area contributed by atoms with Crippen LogP contribution in [0.1, 0.15) is 6.92 Å². The number of para-hydroxylation sites is 1. The summed E-state index contributed by atoms with van der Waals surface area (Å²) in [7, 11) is 1.76. The minimum atomic E-state index is -0.704. The maximum absolute atomic E-state index is 12.1. The Kier molecular flexibility index (Phi) is 4.05. The van der Waals surface area contributed by atoms with Crippen molar-refractivity contribution in [2.75, 3.05) is 5.32 Å². The molecule has 3 rings (SSSR count). The second-order valence-electron chi connectivity index (χ2n) is 4.81. The Morgan fingerprint density at radius 1 is 1.26 bits per heavy atom. The summed E-state index contributed by atoms with van der Waals surface area (Å²) >= 11 is 0. The van der Waals surface area contributed by atoms with Crippen molar-refractivity contribution in [3.8, 4) is 17.3 Å². The van der Waals surface area contributed by atoms with Crippen LogP contribution < -0.4 is 10.1 Å². The molecule has 1 N–H and O–H groups in total. The first kappa shape index (κ1) is 14.8. The van der Waals surface area contributed by atoms with E-state index in [1.54, 1.807) is 43.0 Å². The molecule has 2 aromatic heterocycles. The summed E-state index contributed by atoms with van der Waals surface area (Å²) in [6, 6.07) is 10.8. The molecule has 1 aromatic carbocycles. The average molecular weight is 313 g/mol. The summed E-state index contributed by atoms with van der Waals surface area (Å²) in [4.78, 5) is 12.1. The lowest BCUT2D eigenvalue weighted by Gasteiger charge is -2.12. The quantitative estimate of drug-likeness (QED) is 0.772. The van der Waals surface area contributed by atoms with Gasteiger partial charge in [0, 0.05) is 13.2 Å². The normalized spacial score (nSPS) is 11.9. The molecule has 23 heavy (non-hydrogen) atoms. The predicted octanol–water partition coefficient (Wildman–Crippen LogP) is 1.88. The van der Waals surface area contributed by atoms with Crippen LogP contribution in [0.5, 0.6) is 5.75 Å². The van der Waals surface area contributed by atoms with Gasteiger partial charge >= 0.3 is 6.01 Å². The molecule has 0 radical (unpaired) electrons. The van der Waals surface area contributed by atoms with Crippen LogP contribution in [0.25, 0.3) is 11.6 Å². The van der Waals surface area contributed by atoms with Gasteiger partial charge in [-0.15, -0.1) is 5.10 Å². The van der Waals surface area contributed by atoms with Gasteiger partial charge in [-0.05, 0) is 25.1 Å². The summed E-state index contributed by atoms with van der Waals surface area (Å²) in [5.41, 5.74) is 0.659. The number of carbonyl (C=O) groups excluding carboxylic acids is 1. The van der Waals surface area contributed by atoms with E-state index in [1.807, 2.05) is 18.2 Å². The average Bonchev–Trinajstić information content (AvgIpc) is 3.17. The van der Waals surface area contributed by atoms with E-state index in [-0.39, 0.29) is 17.8 Å². The number of hydrogen-bond donors (Lipinski definition) is 1. The summed E-state index contributed by atoms with van der Waals surface area (Å²) in [5.74, 6) is 0.502. The summed E-state index contributed by atoms with van der Waals surface area (Å²) in [5, 5.41) is 14.2. The molecule has 0 saturated heterocycles. The fraction of sp³-hybridized carbons (Fsp3) is 0.200. The third-order valence-electron chi connectivity index (χ3n) is 3.12. The number of ether oxygens (including phenoxy) is 1. The minimum absolute atomic E-state index is 0.00899. The topological polar surface area (TPSA) is 95.1 Å². The smallest absolute Gasteiger partial charge is 0.322 e. The molecule has 0 bridgehead atoms. The molecule has 1 amide bonds. The fourth-order valence-electron chi connectivity index (χ4n) is 1.92. The number of amides is 1. The SMILES string of the molecule is CC(Oc1ccccc1)C(=O)Nc1nnc(-c2ccnn2C)o1.